The zero-order valence-electron chi connectivity index (χ0n) is 27.9. The van der Waals surface area contributed by atoms with Gasteiger partial charge in [0.25, 0.3) is 0 Å². The van der Waals surface area contributed by atoms with Gasteiger partial charge >= 0.3 is 10.4 Å². The molecule has 43 heavy (non-hydrogen) atoms. The van der Waals surface area contributed by atoms with E-state index in [1.165, 1.54) is 44.9 Å². The van der Waals surface area contributed by atoms with E-state index >= 15 is 0 Å². The molecule has 0 aromatic rings. The lowest BCUT2D eigenvalue weighted by atomic mass is 9.43. The van der Waals surface area contributed by atoms with Gasteiger partial charge in [-0.15, -0.1) is 0 Å². The Kier molecular flexibility index (Phi) is 12.5. The van der Waals surface area contributed by atoms with E-state index in [0.717, 1.165) is 58.3 Å². The van der Waals surface area contributed by atoms with Crippen LogP contribution in [0.4, 0.5) is 0 Å². The lowest BCUT2D eigenvalue weighted by Gasteiger charge is -2.62. The van der Waals surface area contributed by atoms with Crippen molar-refractivity contribution in [1.82, 2.24) is 10.6 Å². The van der Waals surface area contributed by atoms with Crippen molar-refractivity contribution >= 4 is 10.4 Å². The Bertz CT molecular complexity index is 981. The average Bonchev–Trinajstić information content (AvgIpc) is 3.29. The summed E-state index contributed by atoms with van der Waals surface area (Å²) in [5.41, 5.74) is 6.13. The molecule has 9 heteroatoms. The summed E-state index contributed by atoms with van der Waals surface area (Å²) in [5.74, 6) is 3.21. The van der Waals surface area contributed by atoms with Crippen LogP contribution in [0.2, 0.25) is 0 Å². The topological polar surface area (TPSA) is 134 Å². The molecule has 0 saturated heterocycles. The minimum Gasteiger partial charge on any atom is -0.393 e. The zero-order valence-corrected chi connectivity index (χ0v) is 28.7. The number of unbranched alkanes of at least 4 members (excludes halogenated alkanes) is 1. The molecule has 6 N–H and O–H groups in total. The smallest absolute Gasteiger partial charge is 0.393 e. The van der Waals surface area contributed by atoms with Gasteiger partial charge in [0.05, 0.1) is 12.2 Å². The summed E-state index contributed by atoms with van der Waals surface area (Å²) < 4.78 is 37.1. The van der Waals surface area contributed by atoms with E-state index in [9.17, 15) is 18.1 Å². The molecule has 4 fully saturated rings. The second-order valence-corrected chi connectivity index (χ2v) is 17.0. The maximum atomic E-state index is 11.8. The maximum Gasteiger partial charge on any atom is 0.397 e. The number of hydrogen-bond acceptors (Lipinski definition) is 7. The lowest BCUT2D eigenvalue weighted by molar-refractivity contribution is -0.167. The van der Waals surface area contributed by atoms with Crippen molar-refractivity contribution in [3.8, 4) is 0 Å². The third kappa shape index (κ3) is 8.36. The number of hydrogen-bond donors (Lipinski definition) is 5. The van der Waals surface area contributed by atoms with Crippen molar-refractivity contribution in [2.24, 2.45) is 58.0 Å². The molecule has 252 valence electrons. The Labute approximate surface area is 263 Å². The predicted molar refractivity (Wildman–Crippen MR) is 174 cm³/mol. The quantitative estimate of drug-likeness (QED) is 0.111. The van der Waals surface area contributed by atoms with Crippen molar-refractivity contribution in [2.75, 3.05) is 26.2 Å². The molecule has 4 aliphatic rings. The zero-order chi connectivity index (χ0) is 31.4. The summed E-state index contributed by atoms with van der Waals surface area (Å²) >= 11 is 0. The highest BCUT2D eigenvalue weighted by Gasteiger charge is 2.62. The van der Waals surface area contributed by atoms with E-state index in [4.69, 9.17) is 9.92 Å². The molecule has 0 heterocycles. The maximum absolute atomic E-state index is 11.8. The molecule has 0 spiro atoms. The number of nitrogens with one attached hydrogen (secondary N) is 2. The molecule has 0 radical (unpaired) electrons. The number of rotatable bonds is 16. The van der Waals surface area contributed by atoms with Gasteiger partial charge in [-0.1, -0.05) is 34.6 Å². The molecule has 2 unspecified atom stereocenters. The van der Waals surface area contributed by atoms with Gasteiger partial charge in [0.15, 0.2) is 0 Å². The summed E-state index contributed by atoms with van der Waals surface area (Å²) in [5, 5.41) is 19.2. The first kappa shape index (κ1) is 35.6. The summed E-state index contributed by atoms with van der Waals surface area (Å²) in [6.07, 6.45) is 13.7. The Morgan fingerprint density at radius 3 is 2.30 bits per heavy atom. The summed E-state index contributed by atoms with van der Waals surface area (Å²) in [6.45, 7) is 15.3. The van der Waals surface area contributed by atoms with Gasteiger partial charge in [0.1, 0.15) is 0 Å². The molecule has 4 aliphatic carbocycles. The number of aliphatic hydroxyl groups is 1. The van der Waals surface area contributed by atoms with Crippen LogP contribution in [0.25, 0.3) is 0 Å². The van der Waals surface area contributed by atoms with Gasteiger partial charge in [-0.25, -0.2) is 4.18 Å². The number of fused-ring (bicyclic) bond motifs is 5. The molecule has 4 saturated carbocycles. The van der Waals surface area contributed by atoms with Crippen molar-refractivity contribution in [1.29, 1.82) is 0 Å². The largest absolute Gasteiger partial charge is 0.397 e. The molecule has 11 atom stereocenters. The normalized spacial score (nSPS) is 39.2. The van der Waals surface area contributed by atoms with Crippen LogP contribution in [-0.4, -0.2) is 62.5 Å². The van der Waals surface area contributed by atoms with Gasteiger partial charge in [-0.05, 0) is 162 Å². The highest BCUT2D eigenvalue weighted by atomic mass is 32.3. The number of nitrogens with two attached hydrogens (primary N) is 1. The van der Waals surface area contributed by atoms with Gasteiger partial charge in [0, 0.05) is 6.04 Å². The van der Waals surface area contributed by atoms with Crippen LogP contribution < -0.4 is 16.4 Å². The van der Waals surface area contributed by atoms with Gasteiger partial charge in [-0.2, -0.15) is 8.42 Å². The summed E-state index contributed by atoms with van der Waals surface area (Å²) in [6, 6.07) is 0.573. The average molecular weight is 628 g/mol. The van der Waals surface area contributed by atoms with Gasteiger partial charge in [0.2, 0.25) is 0 Å². The third-order valence-electron chi connectivity index (χ3n) is 13.1. The highest BCUT2D eigenvalue weighted by Crippen LogP contribution is 2.68. The van der Waals surface area contributed by atoms with E-state index in [-0.39, 0.29) is 17.4 Å². The van der Waals surface area contributed by atoms with Gasteiger partial charge in [-0.3, -0.25) is 4.55 Å². The van der Waals surface area contributed by atoms with Crippen LogP contribution in [0, 0.1) is 52.3 Å². The minimum absolute atomic E-state index is 0.0152. The van der Waals surface area contributed by atoms with Gasteiger partial charge < -0.3 is 21.5 Å². The fraction of sp³-hybridized carbons (Fsp3) is 1.00. The molecule has 0 aromatic heterocycles. The van der Waals surface area contributed by atoms with Crippen LogP contribution >= 0.6 is 0 Å². The van der Waals surface area contributed by atoms with Crippen LogP contribution in [0.1, 0.15) is 118 Å². The SMILES string of the molecule is CC(C)[C@@H](CC[C@@H](C)[C@H]1CCC2[C@H]3C(CC[C@@]21C)[C@@]1(C)CC[C@H](NCCCNCCCCN)C[C@@H]1C[C@H]3O)OS(=O)(=O)O. The predicted octanol–water partition coefficient (Wildman–Crippen LogP) is 5.55. The molecule has 8 nitrogen and oxygen atoms in total. The first-order valence-electron chi connectivity index (χ1n) is 17.8. The van der Waals surface area contributed by atoms with Crippen LogP contribution in [0.5, 0.6) is 0 Å². The first-order chi connectivity index (χ1) is 20.3. The fourth-order valence-corrected chi connectivity index (χ4v) is 11.3. The van der Waals surface area contributed by atoms with Crippen LogP contribution in [0.15, 0.2) is 0 Å². The molecular formula is C34H65N3O5S. The Morgan fingerprint density at radius 2 is 1.60 bits per heavy atom. The minimum atomic E-state index is -4.45. The van der Waals surface area contributed by atoms with Crippen LogP contribution in [-0.2, 0) is 14.6 Å². The summed E-state index contributed by atoms with van der Waals surface area (Å²) in [4.78, 5) is 0. The van der Waals surface area contributed by atoms with E-state index < -0.39 is 16.5 Å². The van der Waals surface area contributed by atoms with Crippen molar-refractivity contribution in [2.45, 2.75) is 136 Å². The highest BCUT2D eigenvalue weighted by molar-refractivity contribution is 7.80. The monoisotopic (exact) mass is 627 g/mol. The van der Waals surface area contributed by atoms with Crippen molar-refractivity contribution < 1.29 is 22.3 Å². The summed E-state index contributed by atoms with van der Waals surface area (Å²) in [7, 11) is -4.45. The third-order valence-corrected chi connectivity index (χ3v) is 13.6. The second-order valence-electron chi connectivity index (χ2n) is 15.9. The molecule has 0 aliphatic heterocycles. The van der Waals surface area contributed by atoms with Crippen molar-refractivity contribution in [3.05, 3.63) is 0 Å². The molecule has 0 bridgehead atoms. The Balaban J connectivity index is 1.32. The van der Waals surface area contributed by atoms with E-state index in [2.05, 4.69) is 31.4 Å². The van der Waals surface area contributed by atoms with Crippen molar-refractivity contribution in [3.63, 3.8) is 0 Å². The molecular weight excluding hydrogens is 562 g/mol. The van der Waals surface area contributed by atoms with E-state index in [0.29, 0.717) is 53.4 Å². The molecule has 0 amide bonds. The number of aliphatic hydroxyl groups excluding tert-OH is 1. The second kappa shape index (κ2) is 15.1. The Hall–Kier alpha value is -0.290. The fourth-order valence-electron chi connectivity index (χ4n) is 10.7. The Morgan fingerprint density at radius 1 is 0.907 bits per heavy atom. The lowest BCUT2D eigenvalue weighted by Crippen LogP contribution is -2.59. The standard InChI is InChI=1S/C34H65N3O5S/c1-23(2)31(42-43(39,40)41)12-9-24(3)27-10-11-28-32-29(14-16-34(27,28)5)33(4)15-13-26(21-25(33)22-30(32)38)37-20-8-19-36-18-7-6-17-35/h23-32,36-38H,6-22,35H2,1-5H3,(H,39,40,41)/t24-,25-,26+,27-,28?,29?,30-,31-,32+,33+,34-/m1/s1. The van der Waals surface area contributed by atoms with E-state index in [1.807, 2.05) is 13.8 Å². The first-order valence-corrected chi connectivity index (χ1v) is 19.1. The molecule has 0 aromatic carbocycles. The molecule has 4 rings (SSSR count). The van der Waals surface area contributed by atoms with Crippen LogP contribution in [0.3, 0.4) is 0 Å². The van der Waals surface area contributed by atoms with E-state index in [1.54, 1.807) is 0 Å².